The molecule has 5 rings (SSSR count). The van der Waals surface area contributed by atoms with Crippen molar-refractivity contribution in [3.8, 4) is 22.5 Å². The number of nitrogens with zero attached hydrogens (tertiary/aromatic N) is 2. The van der Waals surface area contributed by atoms with Crippen molar-refractivity contribution in [3.63, 3.8) is 0 Å². The van der Waals surface area contributed by atoms with E-state index in [0.717, 1.165) is 46.0 Å². The van der Waals surface area contributed by atoms with Gasteiger partial charge in [0, 0.05) is 16.9 Å². The zero-order valence-electron chi connectivity index (χ0n) is 15.2. The zero-order valence-corrected chi connectivity index (χ0v) is 16.0. The molecule has 0 bridgehead atoms. The predicted molar refractivity (Wildman–Crippen MR) is 113 cm³/mol. The molecule has 0 amide bonds. The molecule has 1 atom stereocenters. The van der Waals surface area contributed by atoms with Gasteiger partial charge in [-0.05, 0) is 5.56 Å². The molecule has 140 valence electrons. The van der Waals surface area contributed by atoms with Crippen LogP contribution in [0.25, 0.3) is 33.6 Å². The number of nitrogens with one attached hydrogen (secondary N) is 1. The number of hydrogen-bond donors (Lipinski definition) is 1. The standard InChI is InChI=1S/C22H19N3O2S/c1-3-7-15(8-4-1)18-19-21(23-13-17-26-11-12-28-17)24-14-25-22(19)27-20(18)16-9-5-2-6-10-16/h1-10,14,17H,11-13H2,(H,23,24,25). The predicted octanol–water partition coefficient (Wildman–Crippen LogP) is 5.06. The van der Waals surface area contributed by atoms with E-state index < -0.39 is 0 Å². The van der Waals surface area contributed by atoms with Crippen LogP contribution in [-0.4, -0.2) is 34.3 Å². The maximum atomic E-state index is 6.22. The summed E-state index contributed by atoms with van der Waals surface area (Å²) in [6.07, 6.45) is 1.54. The van der Waals surface area contributed by atoms with Gasteiger partial charge in [0.1, 0.15) is 23.3 Å². The summed E-state index contributed by atoms with van der Waals surface area (Å²) in [6, 6.07) is 20.4. The highest BCUT2D eigenvalue weighted by Gasteiger charge is 2.23. The molecule has 1 N–H and O–H groups in total. The number of rotatable bonds is 5. The van der Waals surface area contributed by atoms with E-state index >= 15 is 0 Å². The van der Waals surface area contributed by atoms with Gasteiger partial charge >= 0.3 is 0 Å². The highest BCUT2D eigenvalue weighted by molar-refractivity contribution is 8.00. The first-order valence-corrected chi connectivity index (χ1v) is 10.3. The van der Waals surface area contributed by atoms with Gasteiger partial charge < -0.3 is 14.5 Å². The normalized spacial score (nSPS) is 16.5. The molecule has 2 aromatic heterocycles. The second kappa shape index (κ2) is 7.66. The molecule has 6 heteroatoms. The van der Waals surface area contributed by atoms with Crippen molar-refractivity contribution in [2.75, 3.05) is 24.2 Å². The average Bonchev–Trinajstić information content (AvgIpc) is 3.41. The van der Waals surface area contributed by atoms with Gasteiger partial charge in [0.15, 0.2) is 0 Å². The smallest absolute Gasteiger partial charge is 0.232 e. The van der Waals surface area contributed by atoms with E-state index in [2.05, 4.69) is 27.4 Å². The lowest BCUT2D eigenvalue weighted by atomic mass is 9.99. The molecule has 0 spiro atoms. The van der Waals surface area contributed by atoms with Gasteiger partial charge in [-0.2, -0.15) is 0 Å². The van der Waals surface area contributed by atoms with E-state index in [-0.39, 0.29) is 5.44 Å². The fourth-order valence-electron chi connectivity index (χ4n) is 3.45. The first kappa shape index (κ1) is 17.3. The van der Waals surface area contributed by atoms with E-state index in [9.17, 15) is 0 Å². The van der Waals surface area contributed by atoms with Gasteiger partial charge in [0.2, 0.25) is 5.71 Å². The molecule has 28 heavy (non-hydrogen) atoms. The number of aromatic nitrogens is 2. The molecule has 1 aliphatic heterocycles. The summed E-state index contributed by atoms with van der Waals surface area (Å²) in [4.78, 5) is 8.91. The van der Waals surface area contributed by atoms with E-state index in [1.54, 1.807) is 6.33 Å². The van der Waals surface area contributed by atoms with Crippen LogP contribution in [0.5, 0.6) is 0 Å². The monoisotopic (exact) mass is 389 g/mol. The Bertz CT molecular complexity index is 1080. The summed E-state index contributed by atoms with van der Waals surface area (Å²) in [5, 5.41) is 4.35. The van der Waals surface area contributed by atoms with Gasteiger partial charge in [0.05, 0.1) is 18.5 Å². The Morgan fingerprint density at radius 3 is 2.43 bits per heavy atom. The summed E-state index contributed by atoms with van der Waals surface area (Å²) in [6.45, 7) is 1.49. The Balaban J connectivity index is 1.67. The third-order valence-electron chi connectivity index (χ3n) is 4.71. The number of benzene rings is 2. The fourth-order valence-corrected chi connectivity index (χ4v) is 4.29. The molecule has 0 aliphatic carbocycles. The molecule has 2 aromatic carbocycles. The van der Waals surface area contributed by atoms with Crippen LogP contribution in [0.3, 0.4) is 0 Å². The first-order chi connectivity index (χ1) is 13.9. The number of furan rings is 1. The fraction of sp³-hybridized carbons (Fsp3) is 0.182. The van der Waals surface area contributed by atoms with Crippen LogP contribution < -0.4 is 5.32 Å². The lowest BCUT2D eigenvalue weighted by molar-refractivity contribution is 0.151. The minimum atomic E-state index is 0.144. The summed E-state index contributed by atoms with van der Waals surface area (Å²) in [5.74, 6) is 2.60. The van der Waals surface area contributed by atoms with Gasteiger partial charge in [-0.25, -0.2) is 9.97 Å². The molecule has 1 aliphatic rings. The van der Waals surface area contributed by atoms with Gasteiger partial charge in [-0.3, -0.25) is 0 Å². The van der Waals surface area contributed by atoms with E-state index in [1.807, 2.05) is 60.3 Å². The van der Waals surface area contributed by atoms with E-state index in [1.165, 1.54) is 0 Å². The second-order valence-electron chi connectivity index (χ2n) is 6.49. The maximum Gasteiger partial charge on any atom is 0.232 e. The molecule has 0 saturated carbocycles. The quantitative estimate of drug-likeness (QED) is 0.515. The van der Waals surface area contributed by atoms with Crippen LogP contribution in [0.4, 0.5) is 5.82 Å². The maximum absolute atomic E-state index is 6.22. The summed E-state index contributed by atoms with van der Waals surface area (Å²) in [7, 11) is 0. The number of thioether (sulfide) groups is 1. The van der Waals surface area contributed by atoms with Crippen LogP contribution in [0.2, 0.25) is 0 Å². The van der Waals surface area contributed by atoms with Crippen molar-refractivity contribution in [2.45, 2.75) is 5.44 Å². The van der Waals surface area contributed by atoms with Gasteiger partial charge in [-0.1, -0.05) is 60.7 Å². The third-order valence-corrected chi connectivity index (χ3v) is 5.79. The summed E-state index contributed by atoms with van der Waals surface area (Å²) in [5.41, 5.74) is 3.82. The van der Waals surface area contributed by atoms with Crippen LogP contribution in [0.1, 0.15) is 0 Å². The van der Waals surface area contributed by atoms with Crippen LogP contribution in [-0.2, 0) is 4.74 Å². The Labute approximate surface area is 167 Å². The van der Waals surface area contributed by atoms with Crippen molar-refractivity contribution in [1.29, 1.82) is 0 Å². The van der Waals surface area contributed by atoms with E-state index in [4.69, 9.17) is 9.15 Å². The molecular weight excluding hydrogens is 370 g/mol. The molecule has 3 heterocycles. The second-order valence-corrected chi connectivity index (χ2v) is 7.76. The molecule has 4 aromatic rings. The largest absolute Gasteiger partial charge is 0.437 e. The molecule has 5 nitrogen and oxygen atoms in total. The average molecular weight is 389 g/mol. The van der Waals surface area contributed by atoms with Crippen molar-refractivity contribution in [1.82, 2.24) is 9.97 Å². The van der Waals surface area contributed by atoms with Crippen molar-refractivity contribution in [3.05, 3.63) is 67.0 Å². The first-order valence-electron chi connectivity index (χ1n) is 9.25. The van der Waals surface area contributed by atoms with Crippen LogP contribution in [0.15, 0.2) is 71.4 Å². The van der Waals surface area contributed by atoms with Crippen LogP contribution >= 0.6 is 11.8 Å². The van der Waals surface area contributed by atoms with Crippen molar-refractivity contribution < 1.29 is 9.15 Å². The number of anilines is 1. The van der Waals surface area contributed by atoms with Crippen LogP contribution in [0, 0.1) is 0 Å². The van der Waals surface area contributed by atoms with E-state index in [0.29, 0.717) is 12.3 Å². The lowest BCUT2D eigenvalue weighted by Gasteiger charge is -2.12. The minimum Gasteiger partial charge on any atom is -0.437 e. The molecule has 1 saturated heterocycles. The topological polar surface area (TPSA) is 60.2 Å². The number of fused-ring (bicyclic) bond motifs is 1. The highest BCUT2D eigenvalue weighted by Crippen LogP contribution is 2.42. The van der Waals surface area contributed by atoms with Crippen molar-refractivity contribution >= 4 is 28.7 Å². The lowest BCUT2D eigenvalue weighted by Crippen LogP contribution is -2.16. The third kappa shape index (κ3) is 3.25. The summed E-state index contributed by atoms with van der Waals surface area (Å²) >= 11 is 1.82. The van der Waals surface area contributed by atoms with Crippen molar-refractivity contribution in [2.24, 2.45) is 0 Å². The molecule has 1 fully saturated rings. The Hall–Kier alpha value is -2.83. The number of hydrogen-bond acceptors (Lipinski definition) is 6. The zero-order chi connectivity index (χ0) is 18.8. The highest BCUT2D eigenvalue weighted by atomic mass is 32.2. The molecule has 0 radical (unpaired) electrons. The van der Waals surface area contributed by atoms with Gasteiger partial charge in [0.25, 0.3) is 0 Å². The van der Waals surface area contributed by atoms with Gasteiger partial charge in [-0.15, -0.1) is 11.8 Å². The Morgan fingerprint density at radius 2 is 1.71 bits per heavy atom. The molecule has 1 unspecified atom stereocenters. The molecular formula is C22H19N3O2S. The SMILES string of the molecule is c1ccc(-c2oc3ncnc(NCC4OCCS4)c3c2-c2ccccc2)cc1. The minimum absolute atomic E-state index is 0.144. The number of ether oxygens (including phenoxy) is 1. The Kier molecular flexibility index (Phi) is 4.72. The Morgan fingerprint density at radius 1 is 0.964 bits per heavy atom. The summed E-state index contributed by atoms with van der Waals surface area (Å²) < 4.78 is 11.9.